The molecule has 0 saturated heterocycles. The van der Waals surface area contributed by atoms with Crippen molar-refractivity contribution in [3.63, 3.8) is 0 Å². The zero-order chi connectivity index (χ0) is 10.2. The van der Waals surface area contributed by atoms with Crippen LogP contribution in [0.3, 0.4) is 0 Å². The fourth-order valence-corrected chi connectivity index (χ4v) is 1.58. The SMILES string of the molecule is CC1(C)CC1NCc1ccc(N)cn1. The van der Waals surface area contributed by atoms with E-state index in [9.17, 15) is 0 Å². The number of aromatic nitrogens is 1. The summed E-state index contributed by atoms with van der Waals surface area (Å²) >= 11 is 0. The summed E-state index contributed by atoms with van der Waals surface area (Å²) in [5.74, 6) is 0. The van der Waals surface area contributed by atoms with E-state index in [1.807, 2.05) is 12.1 Å². The number of nitrogen functional groups attached to an aromatic ring is 1. The normalized spacial score (nSPS) is 23.4. The van der Waals surface area contributed by atoms with Crippen molar-refractivity contribution in [2.75, 3.05) is 5.73 Å². The Bertz CT molecular complexity index is 316. The Morgan fingerprint density at radius 1 is 1.57 bits per heavy atom. The molecule has 1 atom stereocenters. The van der Waals surface area contributed by atoms with Crippen LogP contribution in [0.25, 0.3) is 0 Å². The molecule has 1 saturated carbocycles. The van der Waals surface area contributed by atoms with Gasteiger partial charge in [-0.15, -0.1) is 0 Å². The van der Waals surface area contributed by atoms with Crippen LogP contribution in [0, 0.1) is 5.41 Å². The van der Waals surface area contributed by atoms with Gasteiger partial charge in [0, 0.05) is 12.6 Å². The highest BCUT2D eigenvalue weighted by Crippen LogP contribution is 2.44. The standard InChI is InChI=1S/C11H17N3/c1-11(2)5-10(11)14-7-9-4-3-8(12)6-13-9/h3-4,6,10,14H,5,7,12H2,1-2H3. The molecule has 3 N–H and O–H groups in total. The molecule has 1 unspecified atom stereocenters. The first-order valence-corrected chi connectivity index (χ1v) is 5.02. The molecule has 1 aromatic heterocycles. The first-order valence-electron chi connectivity index (χ1n) is 5.02. The summed E-state index contributed by atoms with van der Waals surface area (Å²) in [4.78, 5) is 4.24. The minimum absolute atomic E-state index is 0.480. The largest absolute Gasteiger partial charge is 0.397 e. The maximum absolute atomic E-state index is 5.56. The topological polar surface area (TPSA) is 50.9 Å². The predicted molar refractivity (Wildman–Crippen MR) is 57.7 cm³/mol. The Kier molecular flexibility index (Phi) is 2.19. The van der Waals surface area contributed by atoms with E-state index in [4.69, 9.17) is 5.73 Å². The Morgan fingerprint density at radius 3 is 2.79 bits per heavy atom. The fourth-order valence-electron chi connectivity index (χ4n) is 1.58. The summed E-state index contributed by atoms with van der Waals surface area (Å²) in [6, 6.07) is 4.52. The van der Waals surface area contributed by atoms with Crippen LogP contribution in [-0.2, 0) is 6.54 Å². The van der Waals surface area contributed by atoms with Crippen molar-refractivity contribution in [3.05, 3.63) is 24.0 Å². The van der Waals surface area contributed by atoms with Crippen molar-refractivity contribution in [3.8, 4) is 0 Å². The van der Waals surface area contributed by atoms with Gasteiger partial charge in [0.1, 0.15) is 0 Å². The van der Waals surface area contributed by atoms with Gasteiger partial charge >= 0.3 is 0 Å². The third-order valence-corrected chi connectivity index (χ3v) is 2.89. The lowest BCUT2D eigenvalue weighted by molar-refractivity contribution is 0.538. The number of nitrogens with zero attached hydrogens (tertiary/aromatic N) is 1. The van der Waals surface area contributed by atoms with Crippen molar-refractivity contribution >= 4 is 5.69 Å². The Balaban J connectivity index is 1.84. The second-order valence-electron chi connectivity index (χ2n) is 4.71. The minimum Gasteiger partial charge on any atom is -0.397 e. The maximum atomic E-state index is 5.56. The third kappa shape index (κ3) is 2.04. The summed E-state index contributed by atoms with van der Waals surface area (Å²) in [6.07, 6.45) is 2.97. The molecular weight excluding hydrogens is 174 g/mol. The van der Waals surface area contributed by atoms with Gasteiger partial charge in [-0.3, -0.25) is 4.98 Å². The van der Waals surface area contributed by atoms with Crippen molar-refractivity contribution in [1.82, 2.24) is 10.3 Å². The van der Waals surface area contributed by atoms with Crippen LogP contribution in [0.1, 0.15) is 26.0 Å². The summed E-state index contributed by atoms with van der Waals surface area (Å²) < 4.78 is 0. The molecule has 76 valence electrons. The van der Waals surface area contributed by atoms with Gasteiger partial charge in [0.05, 0.1) is 17.6 Å². The highest BCUT2D eigenvalue weighted by atomic mass is 15.0. The molecule has 1 aliphatic rings. The van der Waals surface area contributed by atoms with Crippen molar-refractivity contribution < 1.29 is 0 Å². The fraction of sp³-hybridized carbons (Fsp3) is 0.545. The number of hydrogen-bond acceptors (Lipinski definition) is 3. The molecule has 3 heteroatoms. The number of anilines is 1. The molecular formula is C11H17N3. The molecule has 0 aromatic carbocycles. The molecule has 1 aliphatic carbocycles. The van der Waals surface area contributed by atoms with Crippen LogP contribution in [0.4, 0.5) is 5.69 Å². The molecule has 0 bridgehead atoms. The van der Waals surface area contributed by atoms with Crippen LogP contribution in [0.5, 0.6) is 0 Å². The van der Waals surface area contributed by atoms with E-state index < -0.39 is 0 Å². The average molecular weight is 191 g/mol. The molecule has 1 aromatic rings. The lowest BCUT2D eigenvalue weighted by Gasteiger charge is -2.05. The first kappa shape index (κ1) is 9.46. The Hall–Kier alpha value is -1.09. The highest BCUT2D eigenvalue weighted by molar-refractivity contribution is 5.34. The number of pyridine rings is 1. The van der Waals surface area contributed by atoms with Gasteiger partial charge in [0.15, 0.2) is 0 Å². The summed E-state index contributed by atoms with van der Waals surface area (Å²) in [7, 11) is 0. The van der Waals surface area contributed by atoms with E-state index in [0.717, 1.165) is 17.9 Å². The number of nitrogens with one attached hydrogen (secondary N) is 1. The van der Waals surface area contributed by atoms with Crippen LogP contribution < -0.4 is 11.1 Å². The van der Waals surface area contributed by atoms with E-state index in [1.165, 1.54) is 6.42 Å². The van der Waals surface area contributed by atoms with Gasteiger partial charge in [-0.2, -0.15) is 0 Å². The predicted octanol–water partition coefficient (Wildman–Crippen LogP) is 1.55. The summed E-state index contributed by atoms with van der Waals surface area (Å²) in [5.41, 5.74) is 7.82. The Morgan fingerprint density at radius 2 is 2.29 bits per heavy atom. The van der Waals surface area contributed by atoms with Crippen LogP contribution in [0.2, 0.25) is 0 Å². The molecule has 3 nitrogen and oxygen atoms in total. The monoisotopic (exact) mass is 191 g/mol. The average Bonchev–Trinajstić information content (AvgIpc) is 2.73. The quantitative estimate of drug-likeness (QED) is 0.762. The van der Waals surface area contributed by atoms with Crippen molar-refractivity contribution in [2.45, 2.75) is 32.9 Å². The summed E-state index contributed by atoms with van der Waals surface area (Å²) in [6.45, 7) is 5.40. The molecule has 1 heterocycles. The molecule has 0 spiro atoms. The molecule has 0 radical (unpaired) electrons. The van der Waals surface area contributed by atoms with Gasteiger partial charge < -0.3 is 11.1 Å². The van der Waals surface area contributed by atoms with Crippen LogP contribution in [-0.4, -0.2) is 11.0 Å². The van der Waals surface area contributed by atoms with Crippen molar-refractivity contribution in [2.24, 2.45) is 5.41 Å². The zero-order valence-corrected chi connectivity index (χ0v) is 8.75. The zero-order valence-electron chi connectivity index (χ0n) is 8.75. The lowest BCUT2D eigenvalue weighted by Crippen LogP contribution is -2.20. The molecule has 14 heavy (non-hydrogen) atoms. The maximum Gasteiger partial charge on any atom is 0.0543 e. The molecule has 2 rings (SSSR count). The van der Waals surface area contributed by atoms with Crippen LogP contribution in [0.15, 0.2) is 18.3 Å². The molecule has 0 aliphatic heterocycles. The first-order chi connectivity index (χ1) is 6.58. The number of nitrogens with two attached hydrogens (primary N) is 1. The van der Waals surface area contributed by atoms with E-state index in [-0.39, 0.29) is 0 Å². The van der Waals surface area contributed by atoms with Gasteiger partial charge in [-0.05, 0) is 24.0 Å². The van der Waals surface area contributed by atoms with Gasteiger partial charge in [0.2, 0.25) is 0 Å². The van der Waals surface area contributed by atoms with Gasteiger partial charge in [-0.1, -0.05) is 13.8 Å². The van der Waals surface area contributed by atoms with E-state index in [2.05, 4.69) is 24.1 Å². The molecule has 1 fully saturated rings. The van der Waals surface area contributed by atoms with Crippen LogP contribution >= 0.6 is 0 Å². The molecule has 0 amide bonds. The second kappa shape index (κ2) is 3.24. The van der Waals surface area contributed by atoms with Gasteiger partial charge in [-0.25, -0.2) is 0 Å². The van der Waals surface area contributed by atoms with E-state index >= 15 is 0 Å². The number of rotatable bonds is 3. The smallest absolute Gasteiger partial charge is 0.0543 e. The lowest BCUT2D eigenvalue weighted by atomic mass is 10.2. The van der Waals surface area contributed by atoms with E-state index in [0.29, 0.717) is 11.5 Å². The number of hydrogen-bond donors (Lipinski definition) is 2. The third-order valence-electron chi connectivity index (χ3n) is 2.89. The van der Waals surface area contributed by atoms with E-state index in [1.54, 1.807) is 6.20 Å². The Labute approximate surface area is 84.7 Å². The summed E-state index contributed by atoms with van der Waals surface area (Å²) in [5, 5.41) is 3.48. The van der Waals surface area contributed by atoms with Gasteiger partial charge in [0.25, 0.3) is 0 Å². The highest BCUT2D eigenvalue weighted by Gasteiger charge is 2.44. The minimum atomic E-state index is 0.480. The van der Waals surface area contributed by atoms with Crippen molar-refractivity contribution in [1.29, 1.82) is 0 Å². The second-order valence-corrected chi connectivity index (χ2v) is 4.71.